The van der Waals surface area contributed by atoms with Crippen molar-refractivity contribution in [2.45, 2.75) is 54.8 Å². The summed E-state index contributed by atoms with van der Waals surface area (Å²) in [5.74, 6) is -46.7. The predicted octanol–water partition coefficient (Wildman–Crippen LogP) is 4.41. The summed E-state index contributed by atoms with van der Waals surface area (Å²) in [5.41, 5.74) is 0. The van der Waals surface area contributed by atoms with E-state index in [0.717, 1.165) is 0 Å². The van der Waals surface area contributed by atoms with E-state index < -0.39 is 99.8 Å². The number of rotatable bonds is 16. The summed E-state index contributed by atoms with van der Waals surface area (Å²) >= 11 is 0. The summed E-state index contributed by atoms with van der Waals surface area (Å²) in [6.07, 6.45) is -12.0. The van der Waals surface area contributed by atoms with Gasteiger partial charge in [0, 0.05) is 0 Å². The van der Waals surface area contributed by atoms with E-state index in [1.54, 1.807) is 0 Å². The molecule has 0 saturated heterocycles. The van der Waals surface area contributed by atoms with Gasteiger partial charge < -0.3 is 0 Å². The molecule has 0 aromatic carbocycles. The largest absolute Gasteiger partial charge is 0.379 e. The molecule has 224 valence electrons. The Labute approximate surface area is 196 Å². The Morgan fingerprint density at radius 3 is 0.973 bits per heavy atom. The molecule has 0 atom stereocenters. The lowest BCUT2D eigenvalue weighted by atomic mass is 10.1. The minimum Gasteiger partial charge on any atom is -0.270 e. The van der Waals surface area contributed by atoms with E-state index in [-0.39, 0.29) is 0 Å². The molecule has 0 fully saturated rings. The number of halogens is 16. The number of hydrogen-bond acceptors (Lipinski definition) is 6. The molecule has 6 nitrogen and oxygen atoms in total. The molecule has 37 heavy (non-hydrogen) atoms. The molecule has 0 aliphatic heterocycles. The van der Waals surface area contributed by atoms with Gasteiger partial charge in [0.25, 0.3) is 20.2 Å². The van der Waals surface area contributed by atoms with Crippen LogP contribution in [0.3, 0.4) is 0 Å². The summed E-state index contributed by atoms with van der Waals surface area (Å²) in [6.45, 7) is -3.17. The normalized spacial score (nSPS) is 15.6. The van der Waals surface area contributed by atoms with Gasteiger partial charge in [-0.1, -0.05) is 0 Å². The van der Waals surface area contributed by atoms with Gasteiger partial charge in [-0.15, -0.1) is 0 Å². The molecule has 0 saturated carbocycles. The van der Waals surface area contributed by atoms with Crippen molar-refractivity contribution in [3.63, 3.8) is 0 Å². The average molecular weight is 632 g/mol. The molecule has 24 heteroatoms. The second-order valence-electron chi connectivity index (χ2n) is 6.81. The summed E-state index contributed by atoms with van der Waals surface area (Å²) in [5, 5.41) is 0. The Morgan fingerprint density at radius 1 is 0.514 bits per heavy atom. The average Bonchev–Trinajstić information content (AvgIpc) is 2.64. The summed E-state index contributed by atoms with van der Waals surface area (Å²) in [7, 11) is -12.0. The van der Waals surface area contributed by atoms with E-state index in [9.17, 15) is 87.1 Å². The van der Waals surface area contributed by atoms with Crippen molar-refractivity contribution in [2.24, 2.45) is 0 Å². The minimum atomic E-state index is -6.93. The van der Waals surface area contributed by atoms with Crippen LogP contribution >= 0.6 is 0 Å². The highest BCUT2D eigenvalue weighted by Gasteiger charge is 2.77. The van der Waals surface area contributed by atoms with E-state index in [0.29, 0.717) is 0 Å². The van der Waals surface area contributed by atoms with Gasteiger partial charge in [0.15, 0.2) is 0 Å². The number of alkyl halides is 16. The van der Waals surface area contributed by atoms with Crippen LogP contribution in [0.1, 0.15) is 6.42 Å². The monoisotopic (exact) mass is 632 g/mol. The van der Waals surface area contributed by atoms with Crippen molar-refractivity contribution >= 4 is 20.2 Å². The molecule has 0 bridgehead atoms. The Balaban J connectivity index is 5.11. The zero-order valence-electron chi connectivity index (χ0n) is 17.0. The third kappa shape index (κ3) is 7.86. The topological polar surface area (TPSA) is 86.7 Å². The van der Waals surface area contributed by atoms with Crippen LogP contribution in [0.2, 0.25) is 0 Å². The Hall–Kier alpha value is -1.30. The maximum atomic E-state index is 13.3. The Morgan fingerprint density at radius 2 is 0.757 bits per heavy atom. The molecule has 0 N–H and O–H groups in total. The molecular weight excluding hydrogens is 620 g/mol. The number of hydrogen-bond donors (Lipinski definition) is 0. The SMILES string of the molecule is O=S(=O)(CC(F)(F)C(F)(F)C(F)(F)C(F)F)OCCCOS(=O)(=O)CC(F)(F)C(F)(F)C(F)(F)C(F)F. The fourth-order valence-corrected chi connectivity index (χ4v) is 4.06. The summed E-state index contributed by atoms with van der Waals surface area (Å²) in [6, 6.07) is 0. The highest BCUT2D eigenvalue weighted by molar-refractivity contribution is 7.87. The van der Waals surface area contributed by atoms with Crippen molar-refractivity contribution in [2.75, 3.05) is 24.7 Å². The van der Waals surface area contributed by atoms with Crippen LogP contribution in [0.5, 0.6) is 0 Å². The van der Waals surface area contributed by atoms with Crippen LogP contribution in [-0.4, -0.2) is 89.9 Å². The second-order valence-corrected chi connectivity index (χ2v) is 10.1. The molecule has 0 aliphatic carbocycles. The smallest absolute Gasteiger partial charge is 0.270 e. The molecule has 0 radical (unpaired) electrons. The molecular formula is C13H12F16O6S2. The van der Waals surface area contributed by atoms with Gasteiger partial charge in [0.2, 0.25) is 0 Å². The standard InChI is InChI=1S/C13H12F16O6S2/c14-6(15)10(22,23)12(26,27)8(18,19)4-36(30,31)34-2-1-3-35-37(32,33)5-9(20,21)13(28,29)11(24,25)7(16)17/h6-7H,1-5H2. The zero-order chi connectivity index (χ0) is 30.1. The lowest BCUT2D eigenvalue weighted by Crippen LogP contribution is -2.59. The first-order valence-electron chi connectivity index (χ1n) is 8.58. The Bertz CT molecular complexity index is 901. The molecule has 0 aliphatic rings. The van der Waals surface area contributed by atoms with Gasteiger partial charge >= 0.3 is 48.4 Å². The molecule has 0 rings (SSSR count). The molecule has 0 heterocycles. The van der Waals surface area contributed by atoms with Gasteiger partial charge in [-0.25, -0.2) is 17.6 Å². The first-order valence-corrected chi connectivity index (χ1v) is 11.7. The van der Waals surface area contributed by atoms with E-state index in [2.05, 4.69) is 8.37 Å². The first kappa shape index (κ1) is 35.7. The van der Waals surface area contributed by atoms with E-state index in [4.69, 9.17) is 0 Å². The van der Waals surface area contributed by atoms with Crippen molar-refractivity contribution in [1.29, 1.82) is 0 Å². The van der Waals surface area contributed by atoms with E-state index >= 15 is 0 Å². The van der Waals surface area contributed by atoms with Crippen LogP contribution in [0, 0.1) is 0 Å². The molecule has 0 aromatic rings. The zero-order valence-corrected chi connectivity index (χ0v) is 18.6. The molecule has 0 spiro atoms. The van der Waals surface area contributed by atoms with Crippen LogP contribution in [0.25, 0.3) is 0 Å². The third-order valence-electron chi connectivity index (χ3n) is 3.83. The summed E-state index contributed by atoms with van der Waals surface area (Å²) in [4.78, 5) is 0. The Kier molecular flexibility index (Phi) is 10.7. The van der Waals surface area contributed by atoms with Crippen LogP contribution in [0.15, 0.2) is 0 Å². The van der Waals surface area contributed by atoms with Gasteiger partial charge in [0.1, 0.15) is 11.5 Å². The fraction of sp³-hybridized carbons (Fsp3) is 1.00. The fourth-order valence-electron chi connectivity index (χ4n) is 1.90. The van der Waals surface area contributed by atoms with Crippen molar-refractivity contribution in [3.05, 3.63) is 0 Å². The summed E-state index contributed by atoms with van der Waals surface area (Å²) < 4.78 is 256. The third-order valence-corrected chi connectivity index (χ3v) is 6.32. The van der Waals surface area contributed by atoms with E-state index in [1.807, 2.05) is 0 Å². The highest BCUT2D eigenvalue weighted by atomic mass is 32.2. The molecule has 0 unspecified atom stereocenters. The minimum absolute atomic E-state index is 1.23. The van der Waals surface area contributed by atoms with Crippen molar-refractivity contribution in [3.8, 4) is 0 Å². The van der Waals surface area contributed by atoms with Crippen LogP contribution in [-0.2, 0) is 28.6 Å². The van der Waals surface area contributed by atoms with Crippen LogP contribution < -0.4 is 0 Å². The quantitative estimate of drug-likeness (QED) is 0.143. The van der Waals surface area contributed by atoms with Gasteiger partial charge in [-0.05, 0) is 6.42 Å². The van der Waals surface area contributed by atoms with Crippen molar-refractivity contribution < 1.29 is 95.4 Å². The lowest BCUT2D eigenvalue weighted by Gasteiger charge is -2.31. The van der Waals surface area contributed by atoms with Crippen LogP contribution in [0.4, 0.5) is 70.2 Å². The van der Waals surface area contributed by atoms with Gasteiger partial charge in [0.05, 0.1) is 13.2 Å². The maximum absolute atomic E-state index is 13.3. The lowest BCUT2D eigenvalue weighted by molar-refractivity contribution is -0.332. The molecule has 0 aromatic heterocycles. The van der Waals surface area contributed by atoms with Gasteiger partial charge in [-0.3, -0.25) is 8.37 Å². The maximum Gasteiger partial charge on any atom is 0.379 e. The van der Waals surface area contributed by atoms with E-state index in [1.165, 1.54) is 0 Å². The first-order chi connectivity index (χ1) is 16.0. The predicted molar refractivity (Wildman–Crippen MR) is 85.8 cm³/mol. The molecule has 0 amide bonds. The van der Waals surface area contributed by atoms with Crippen molar-refractivity contribution in [1.82, 2.24) is 0 Å². The second kappa shape index (κ2) is 11.1. The van der Waals surface area contributed by atoms with Gasteiger partial charge in [-0.2, -0.15) is 69.5 Å². The highest BCUT2D eigenvalue weighted by Crippen LogP contribution is 2.50.